The summed E-state index contributed by atoms with van der Waals surface area (Å²) in [6, 6.07) is 0.735. The number of rotatable bonds is 3. The van der Waals surface area contributed by atoms with Crippen molar-refractivity contribution in [2.24, 2.45) is 11.3 Å². The van der Waals surface area contributed by atoms with E-state index in [9.17, 15) is 0 Å². The summed E-state index contributed by atoms with van der Waals surface area (Å²) in [5.41, 5.74) is 0.493. The smallest absolute Gasteiger partial charge is 0.191 e. The Labute approximate surface area is 103 Å². The van der Waals surface area contributed by atoms with Crippen molar-refractivity contribution in [1.29, 1.82) is 0 Å². The molecule has 0 spiro atoms. The average Bonchev–Trinajstić information content (AvgIpc) is 2.74. The van der Waals surface area contributed by atoms with Gasteiger partial charge in [0.2, 0.25) is 0 Å². The first-order valence-electron chi connectivity index (χ1n) is 6.47. The number of nitrogens with zero attached hydrogens (tertiary/aromatic N) is 3. The topological polar surface area (TPSA) is 66.5 Å². The Morgan fingerprint density at radius 3 is 2.82 bits per heavy atom. The van der Waals surface area contributed by atoms with Gasteiger partial charge in [0.15, 0.2) is 5.82 Å². The second-order valence-electron chi connectivity index (χ2n) is 6.15. The van der Waals surface area contributed by atoms with Crippen LogP contribution in [0.1, 0.15) is 58.8 Å². The van der Waals surface area contributed by atoms with Crippen LogP contribution in [0, 0.1) is 11.3 Å². The summed E-state index contributed by atoms with van der Waals surface area (Å²) >= 11 is 0. The molecule has 17 heavy (non-hydrogen) atoms. The fourth-order valence-corrected chi connectivity index (χ4v) is 2.94. The summed E-state index contributed by atoms with van der Waals surface area (Å²) in [5.74, 6) is 1.45. The molecule has 2 rings (SSSR count). The lowest BCUT2D eigenvalue weighted by Crippen LogP contribution is -2.42. The van der Waals surface area contributed by atoms with Crippen LogP contribution < -0.4 is 5.32 Å². The molecule has 0 bridgehead atoms. The van der Waals surface area contributed by atoms with Crippen LogP contribution in [0.5, 0.6) is 0 Å². The lowest BCUT2D eigenvalue weighted by molar-refractivity contribution is 0.142. The van der Waals surface area contributed by atoms with Crippen molar-refractivity contribution in [2.75, 3.05) is 0 Å². The van der Waals surface area contributed by atoms with Gasteiger partial charge < -0.3 is 5.32 Å². The predicted octanol–water partition coefficient (Wildman–Crippen LogP) is 2.07. The first-order chi connectivity index (χ1) is 7.98. The summed E-state index contributed by atoms with van der Waals surface area (Å²) in [5, 5.41) is 17.8. The zero-order chi connectivity index (χ0) is 12.5. The van der Waals surface area contributed by atoms with Gasteiger partial charge in [-0.1, -0.05) is 26.0 Å². The van der Waals surface area contributed by atoms with Crippen LogP contribution in [0.4, 0.5) is 0 Å². The van der Waals surface area contributed by atoms with Crippen LogP contribution >= 0.6 is 0 Å². The standard InChI is InChI=1S/C12H23N5/c1-8-7-12(3,4)6-5-10(8)13-9(2)11-14-16-17-15-11/h8-10,13H,5-7H2,1-4H3,(H,14,15,16,17). The minimum Gasteiger partial charge on any atom is -0.304 e. The molecule has 3 atom stereocenters. The highest BCUT2D eigenvalue weighted by Crippen LogP contribution is 2.38. The molecule has 0 radical (unpaired) electrons. The maximum absolute atomic E-state index is 4.03. The lowest BCUT2D eigenvalue weighted by Gasteiger charge is -2.40. The summed E-state index contributed by atoms with van der Waals surface area (Å²) in [4.78, 5) is 0. The molecule has 1 fully saturated rings. The highest BCUT2D eigenvalue weighted by Gasteiger charge is 2.33. The van der Waals surface area contributed by atoms with E-state index >= 15 is 0 Å². The van der Waals surface area contributed by atoms with Gasteiger partial charge >= 0.3 is 0 Å². The number of hydrogen-bond donors (Lipinski definition) is 2. The molecule has 3 unspecified atom stereocenters. The second kappa shape index (κ2) is 4.72. The number of hydrogen-bond acceptors (Lipinski definition) is 4. The van der Waals surface area contributed by atoms with Crippen molar-refractivity contribution in [3.05, 3.63) is 5.82 Å². The van der Waals surface area contributed by atoms with Crippen LogP contribution in [0.25, 0.3) is 0 Å². The van der Waals surface area contributed by atoms with Crippen LogP contribution in [-0.2, 0) is 0 Å². The molecular weight excluding hydrogens is 214 g/mol. The predicted molar refractivity (Wildman–Crippen MR) is 66.3 cm³/mol. The lowest BCUT2D eigenvalue weighted by atomic mass is 9.70. The second-order valence-corrected chi connectivity index (χ2v) is 6.15. The maximum Gasteiger partial charge on any atom is 0.191 e. The molecule has 1 aliphatic rings. The fraction of sp³-hybridized carbons (Fsp3) is 0.917. The van der Waals surface area contributed by atoms with Gasteiger partial charge in [-0.15, -0.1) is 10.2 Å². The molecule has 96 valence electrons. The summed E-state index contributed by atoms with van der Waals surface area (Å²) in [6.45, 7) is 9.16. The number of nitrogens with one attached hydrogen (secondary N) is 2. The Bertz CT molecular complexity index is 346. The third kappa shape index (κ3) is 3.03. The normalized spacial score (nSPS) is 30.1. The van der Waals surface area contributed by atoms with Crippen LogP contribution in [-0.4, -0.2) is 26.7 Å². The van der Waals surface area contributed by atoms with Crippen LogP contribution in [0.15, 0.2) is 0 Å². The van der Waals surface area contributed by atoms with Crippen LogP contribution in [0.2, 0.25) is 0 Å². The van der Waals surface area contributed by atoms with Crippen molar-refractivity contribution < 1.29 is 0 Å². The molecule has 5 nitrogen and oxygen atoms in total. The Morgan fingerprint density at radius 2 is 2.24 bits per heavy atom. The van der Waals surface area contributed by atoms with E-state index in [2.05, 4.69) is 53.6 Å². The molecule has 2 N–H and O–H groups in total. The number of aromatic amines is 1. The molecule has 0 saturated heterocycles. The molecule has 0 aliphatic heterocycles. The van der Waals surface area contributed by atoms with Gasteiger partial charge in [-0.2, -0.15) is 5.21 Å². The monoisotopic (exact) mass is 237 g/mol. The van der Waals surface area contributed by atoms with E-state index in [0.717, 1.165) is 5.82 Å². The molecule has 1 saturated carbocycles. The third-order valence-corrected chi connectivity index (χ3v) is 3.91. The van der Waals surface area contributed by atoms with E-state index < -0.39 is 0 Å². The highest BCUT2D eigenvalue weighted by molar-refractivity contribution is 4.92. The van der Waals surface area contributed by atoms with E-state index in [1.54, 1.807) is 0 Å². The summed E-state index contributed by atoms with van der Waals surface area (Å²) in [6.07, 6.45) is 3.80. The largest absolute Gasteiger partial charge is 0.304 e. The molecule has 1 heterocycles. The van der Waals surface area contributed by atoms with Gasteiger partial charge in [-0.3, -0.25) is 0 Å². The Balaban J connectivity index is 1.92. The molecular formula is C12H23N5. The Kier molecular flexibility index (Phi) is 3.47. The van der Waals surface area contributed by atoms with Crippen LogP contribution in [0.3, 0.4) is 0 Å². The van der Waals surface area contributed by atoms with E-state index in [1.165, 1.54) is 19.3 Å². The molecule has 5 heteroatoms. The van der Waals surface area contributed by atoms with E-state index in [4.69, 9.17) is 0 Å². The Hall–Kier alpha value is -0.970. The molecule has 1 aliphatic carbocycles. The van der Waals surface area contributed by atoms with E-state index in [1.807, 2.05) is 0 Å². The first-order valence-corrected chi connectivity index (χ1v) is 6.47. The molecule has 1 aromatic rings. The third-order valence-electron chi connectivity index (χ3n) is 3.91. The minimum atomic E-state index is 0.169. The van der Waals surface area contributed by atoms with Crippen molar-refractivity contribution in [1.82, 2.24) is 25.9 Å². The first kappa shape index (κ1) is 12.5. The quantitative estimate of drug-likeness (QED) is 0.844. The Morgan fingerprint density at radius 1 is 1.47 bits per heavy atom. The van der Waals surface area contributed by atoms with Crippen molar-refractivity contribution in [2.45, 2.75) is 59.0 Å². The van der Waals surface area contributed by atoms with Gasteiger partial charge in [0.1, 0.15) is 0 Å². The van der Waals surface area contributed by atoms with Gasteiger partial charge in [-0.05, 0) is 37.5 Å². The van der Waals surface area contributed by atoms with Crippen molar-refractivity contribution in [3.63, 3.8) is 0 Å². The number of tetrazole rings is 1. The van der Waals surface area contributed by atoms with Crippen molar-refractivity contribution >= 4 is 0 Å². The minimum absolute atomic E-state index is 0.169. The fourth-order valence-electron chi connectivity index (χ4n) is 2.94. The zero-order valence-corrected chi connectivity index (χ0v) is 11.2. The van der Waals surface area contributed by atoms with Gasteiger partial charge in [0.25, 0.3) is 0 Å². The molecule has 1 aromatic heterocycles. The van der Waals surface area contributed by atoms with Gasteiger partial charge in [0, 0.05) is 6.04 Å². The van der Waals surface area contributed by atoms with Gasteiger partial charge in [0.05, 0.1) is 6.04 Å². The number of aromatic nitrogens is 4. The molecule has 0 amide bonds. The number of H-pyrrole nitrogens is 1. The van der Waals surface area contributed by atoms with E-state index in [0.29, 0.717) is 17.4 Å². The average molecular weight is 237 g/mol. The van der Waals surface area contributed by atoms with Crippen molar-refractivity contribution in [3.8, 4) is 0 Å². The molecule has 0 aromatic carbocycles. The maximum atomic E-state index is 4.03. The van der Waals surface area contributed by atoms with E-state index in [-0.39, 0.29) is 6.04 Å². The van der Waals surface area contributed by atoms with Gasteiger partial charge in [-0.25, -0.2) is 0 Å². The summed E-state index contributed by atoms with van der Waals surface area (Å²) < 4.78 is 0. The summed E-state index contributed by atoms with van der Waals surface area (Å²) in [7, 11) is 0. The highest BCUT2D eigenvalue weighted by atomic mass is 15.5. The zero-order valence-electron chi connectivity index (χ0n) is 11.2. The SMILES string of the molecule is CC(NC1CCC(C)(C)CC1C)c1nn[nH]n1.